The van der Waals surface area contributed by atoms with Crippen molar-refractivity contribution in [2.24, 2.45) is 0 Å². The first-order valence-electron chi connectivity index (χ1n) is 6.24. The summed E-state index contributed by atoms with van der Waals surface area (Å²) in [6.07, 6.45) is 4.85. The highest BCUT2D eigenvalue weighted by molar-refractivity contribution is 6.01. The number of hydrogen-bond acceptors (Lipinski definition) is 3. The van der Waals surface area contributed by atoms with Crippen molar-refractivity contribution in [1.82, 2.24) is 4.98 Å². The summed E-state index contributed by atoms with van der Waals surface area (Å²) in [5, 5.41) is 2.74. The van der Waals surface area contributed by atoms with Crippen molar-refractivity contribution in [2.75, 3.05) is 12.4 Å². The number of anilines is 1. The molecular weight excluding hydrogens is 252 g/mol. The Morgan fingerprint density at radius 2 is 2.15 bits per heavy atom. The first-order valence-corrected chi connectivity index (χ1v) is 6.24. The molecule has 0 unspecified atom stereocenters. The Kier molecular flexibility index (Phi) is 4.50. The van der Waals surface area contributed by atoms with Gasteiger partial charge in [0, 0.05) is 12.3 Å². The Morgan fingerprint density at radius 3 is 2.90 bits per heavy atom. The zero-order valence-corrected chi connectivity index (χ0v) is 11.5. The van der Waals surface area contributed by atoms with Gasteiger partial charge in [-0.2, -0.15) is 0 Å². The van der Waals surface area contributed by atoms with Crippen LogP contribution in [-0.4, -0.2) is 18.0 Å². The molecule has 4 nitrogen and oxygen atoms in total. The molecular formula is C16H16N2O2. The lowest BCUT2D eigenvalue weighted by Crippen LogP contribution is -2.10. The molecule has 1 aromatic heterocycles. The maximum Gasteiger partial charge on any atom is 0.249 e. The third-order valence-electron chi connectivity index (χ3n) is 2.77. The van der Waals surface area contributed by atoms with Gasteiger partial charge in [0.15, 0.2) is 0 Å². The summed E-state index contributed by atoms with van der Waals surface area (Å²) in [6.45, 7) is 1.90. The average molecular weight is 268 g/mol. The van der Waals surface area contributed by atoms with Crippen LogP contribution in [0.3, 0.4) is 0 Å². The highest BCUT2D eigenvalue weighted by Gasteiger charge is 2.01. The zero-order chi connectivity index (χ0) is 14.4. The number of aromatic nitrogens is 1. The van der Waals surface area contributed by atoms with Gasteiger partial charge in [-0.1, -0.05) is 18.2 Å². The molecule has 0 aliphatic carbocycles. The minimum Gasteiger partial charge on any atom is -0.497 e. The van der Waals surface area contributed by atoms with Gasteiger partial charge in [0.25, 0.3) is 0 Å². The molecule has 1 amide bonds. The molecule has 1 N–H and O–H groups in total. The molecule has 102 valence electrons. The summed E-state index contributed by atoms with van der Waals surface area (Å²) in [7, 11) is 1.61. The summed E-state index contributed by atoms with van der Waals surface area (Å²) < 4.78 is 5.13. The van der Waals surface area contributed by atoms with Crippen molar-refractivity contribution in [3.05, 3.63) is 59.8 Å². The van der Waals surface area contributed by atoms with E-state index in [1.165, 1.54) is 6.08 Å². The van der Waals surface area contributed by atoms with Gasteiger partial charge in [-0.25, -0.2) is 4.98 Å². The molecule has 1 aromatic carbocycles. The van der Waals surface area contributed by atoms with E-state index >= 15 is 0 Å². The fraction of sp³-hybridized carbons (Fsp3) is 0.125. The summed E-state index contributed by atoms with van der Waals surface area (Å²) in [4.78, 5) is 15.9. The van der Waals surface area contributed by atoms with Gasteiger partial charge in [-0.15, -0.1) is 0 Å². The maximum absolute atomic E-state index is 11.8. The van der Waals surface area contributed by atoms with Gasteiger partial charge in [-0.05, 0) is 42.3 Å². The van der Waals surface area contributed by atoms with Crippen LogP contribution in [0.1, 0.15) is 11.1 Å². The van der Waals surface area contributed by atoms with Crippen LogP contribution in [0.15, 0.2) is 48.7 Å². The highest BCUT2D eigenvalue weighted by atomic mass is 16.5. The van der Waals surface area contributed by atoms with E-state index in [2.05, 4.69) is 10.3 Å². The van der Waals surface area contributed by atoms with Crippen LogP contribution in [-0.2, 0) is 4.79 Å². The Balaban J connectivity index is 2.04. The second-order valence-corrected chi connectivity index (χ2v) is 4.27. The molecule has 0 saturated heterocycles. The van der Waals surface area contributed by atoms with Crippen LogP contribution >= 0.6 is 0 Å². The van der Waals surface area contributed by atoms with Crippen molar-refractivity contribution in [3.8, 4) is 5.75 Å². The molecule has 0 fully saturated rings. The zero-order valence-electron chi connectivity index (χ0n) is 11.5. The fourth-order valence-corrected chi connectivity index (χ4v) is 1.69. The summed E-state index contributed by atoms with van der Waals surface area (Å²) in [5.74, 6) is 1.12. The molecule has 2 rings (SSSR count). The number of amides is 1. The van der Waals surface area contributed by atoms with Gasteiger partial charge < -0.3 is 10.1 Å². The highest BCUT2D eigenvalue weighted by Crippen LogP contribution is 2.14. The van der Waals surface area contributed by atoms with Crippen LogP contribution in [0.5, 0.6) is 5.75 Å². The molecule has 4 heteroatoms. The number of ether oxygens (including phenoxy) is 1. The molecule has 0 atom stereocenters. The minimum atomic E-state index is -0.213. The normalized spacial score (nSPS) is 10.5. The van der Waals surface area contributed by atoms with Crippen molar-refractivity contribution >= 4 is 17.8 Å². The second-order valence-electron chi connectivity index (χ2n) is 4.27. The predicted molar refractivity (Wildman–Crippen MR) is 79.6 cm³/mol. The second kappa shape index (κ2) is 6.52. The van der Waals surface area contributed by atoms with E-state index in [0.717, 1.165) is 16.9 Å². The van der Waals surface area contributed by atoms with Crippen molar-refractivity contribution in [3.63, 3.8) is 0 Å². The molecule has 0 aliphatic rings. The van der Waals surface area contributed by atoms with Crippen LogP contribution in [0.2, 0.25) is 0 Å². The molecule has 0 saturated carbocycles. The van der Waals surface area contributed by atoms with Gasteiger partial charge in [-0.3, -0.25) is 4.79 Å². The SMILES string of the molecule is COc1cccc(/C=C/C(=O)Nc2ncccc2C)c1. The lowest BCUT2D eigenvalue weighted by Gasteiger charge is -2.04. The molecule has 1 heterocycles. The van der Waals surface area contributed by atoms with Crippen LogP contribution in [0, 0.1) is 6.92 Å². The Bertz CT molecular complexity index is 636. The van der Waals surface area contributed by atoms with Crippen molar-refractivity contribution < 1.29 is 9.53 Å². The van der Waals surface area contributed by atoms with E-state index in [1.807, 2.05) is 43.3 Å². The number of carbonyl (C=O) groups excluding carboxylic acids is 1. The Hall–Kier alpha value is -2.62. The number of nitrogens with zero attached hydrogens (tertiary/aromatic N) is 1. The van der Waals surface area contributed by atoms with E-state index < -0.39 is 0 Å². The maximum atomic E-state index is 11.8. The monoisotopic (exact) mass is 268 g/mol. The molecule has 0 aliphatic heterocycles. The lowest BCUT2D eigenvalue weighted by molar-refractivity contribution is -0.111. The predicted octanol–water partition coefficient (Wildman–Crippen LogP) is 3.05. The molecule has 0 spiro atoms. The Labute approximate surface area is 118 Å². The number of rotatable bonds is 4. The molecule has 2 aromatic rings. The standard InChI is InChI=1S/C16H16N2O2/c1-12-5-4-10-17-16(12)18-15(19)9-8-13-6-3-7-14(11-13)20-2/h3-11H,1-2H3,(H,17,18,19)/b9-8+. The molecule has 20 heavy (non-hydrogen) atoms. The van der Waals surface area contributed by atoms with Crippen LogP contribution < -0.4 is 10.1 Å². The minimum absolute atomic E-state index is 0.213. The largest absolute Gasteiger partial charge is 0.497 e. The van der Waals surface area contributed by atoms with E-state index in [9.17, 15) is 4.79 Å². The van der Waals surface area contributed by atoms with Crippen LogP contribution in [0.25, 0.3) is 6.08 Å². The fourth-order valence-electron chi connectivity index (χ4n) is 1.69. The molecule has 0 radical (unpaired) electrons. The number of pyridine rings is 1. The number of aryl methyl sites for hydroxylation is 1. The third-order valence-corrected chi connectivity index (χ3v) is 2.77. The lowest BCUT2D eigenvalue weighted by atomic mass is 10.2. The summed E-state index contributed by atoms with van der Waals surface area (Å²) in [5.41, 5.74) is 1.83. The quantitative estimate of drug-likeness (QED) is 0.867. The Morgan fingerprint density at radius 1 is 1.30 bits per heavy atom. The number of methoxy groups -OCH3 is 1. The van der Waals surface area contributed by atoms with Crippen molar-refractivity contribution in [2.45, 2.75) is 6.92 Å². The number of hydrogen-bond donors (Lipinski definition) is 1. The average Bonchev–Trinajstić information content (AvgIpc) is 2.48. The summed E-state index contributed by atoms with van der Waals surface area (Å²) >= 11 is 0. The van der Waals surface area contributed by atoms with Gasteiger partial charge in [0.1, 0.15) is 11.6 Å². The first-order chi connectivity index (χ1) is 9.69. The van der Waals surface area contributed by atoms with Gasteiger partial charge in [0.05, 0.1) is 7.11 Å². The van der Waals surface area contributed by atoms with E-state index in [4.69, 9.17) is 4.74 Å². The number of carbonyl (C=O) groups is 1. The number of benzene rings is 1. The van der Waals surface area contributed by atoms with E-state index in [-0.39, 0.29) is 5.91 Å². The molecule has 0 bridgehead atoms. The van der Waals surface area contributed by atoms with Crippen LogP contribution in [0.4, 0.5) is 5.82 Å². The van der Waals surface area contributed by atoms with E-state index in [1.54, 1.807) is 19.4 Å². The van der Waals surface area contributed by atoms with Crippen molar-refractivity contribution in [1.29, 1.82) is 0 Å². The smallest absolute Gasteiger partial charge is 0.249 e. The first kappa shape index (κ1) is 13.8. The number of nitrogens with one attached hydrogen (secondary N) is 1. The van der Waals surface area contributed by atoms with E-state index in [0.29, 0.717) is 5.82 Å². The third kappa shape index (κ3) is 3.68. The van der Waals surface area contributed by atoms with Gasteiger partial charge in [0.2, 0.25) is 5.91 Å². The van der Waals surface area contributed by atoms with Gasteiger partial charge >= 0.3 is 0 Å². The topological polar surface area (TPSA) is 51.2 Å². The summed E-state index contributed by atoms with van der Waals surface area (Å²) in [6, 6.07) is 11.2.